The van der Waals surface area contributed by atoms with Gasteiger partial charge in [0.15, 0.2) is 0 Å². The summed E-state index contributed by atoms with van der Waals surface area (Å²) in [7, 11) is -4.27. The van der Waals surface area contributed by atoms with Crippen LogP contribution in [-0.4, -0.2) is 22.3 Å². The molecule has 0 saturated heterocycles. The van der Waals surface area contributed by atoms with E-state index in [1.807, 2.05) is 0 Å². The molecule has 2 N–H and O–H groups in total. The molecule has 0 heterocycles. The van der Waals surface area contributed by atoms with Gasteiger partial charge in [-0.2, -0.15) is 0 Å². The Morgan fingerprint density at radius 1 is 1.56 bits per heavy atom. The molecular weight excluding hydrogens is 220 g/mol. The van der Waals surface area contributed by atoms with E-state index < -0.39 is 7.82 Å². The van der Waals surface area contributed by atoms with E-state index in [2.05, 4.69) is 4.52 Å². The van der Waals surface area contributed by atoms with Crippen molar-refractivity contribution in [1.82, 2.24) is 0 Å². The van der Waals surface area contributed by atoms with Gasteiger partial charge in [-0.1, -0.05) is 0 Å². The fourth-order valence-electron chi connectivity index (χ4n) is 0.153. The van der Waals surface area contributed by atoms with Crippen molar-refractivity contribution in [3.63, 3.8) is 0 Å². The first-order valence-electron chi connectivity index (χ1n) is 1.82. The average molecular weight is 226 g/mol. The van der Waals surface area contributed by atoms with Crippen molar-refractivity contribution in [2.45, 2.75) is 0 Å². The van der Waals surface area contributed by atoms with Crippen molar-refractivity contribution in [3.05, 3.63) is 0 Å². The Balaban J connectivity index is 0. The van der Waals surface area contributed by atoms with Gasteiger partial charge in [-0.15, -0.1) is 11.6 Å². The number of phosphoric ester groups is 1. The molecule has 0 unspecified atom stereocenters. The Morgan fingerprint density at radius 3 is 2.11 bits per heavy atom. The molecule has 52 valence electrons. The van der Waals surface area contributed by atoms with Crippen LogP contribution in [0.4, 0.5) is 0 Å². The topological polar surface area (TPSA) is 66.8 Å². The summed E-state index contributed by atoms with van der Waals surface area (Å²) < 4.78 is 13.7. The number of alkyl halides is 1. The molecule has 0 aromatic heterocycles. The molecule has 0 bridgehead atoms. The second-order valence-corrected chi connectivity index (χ2v) is 2.63. The summed E-state index contributed by atoms with van der Waals surface area (Å²) in [5, 5.41) is 0. The molecule has 4 nitrogen and oxygen atoms in total. The van der Waals surface area contributed by atoms with Crippen molar-refractivity contribution in [1.29, 1.82) is 0 Å². The molecule has 0 aromatic carbocycles. The maximum Gasteiger partial charge on any atom is 0.469 e. The van der Waals surface area contributed by atoms with Crippen molar-refractivity contribution in [3.8, 4) is 0 Å². The third-order valence-corrected chi connectivity index (χ3v) is 1.01. The van der Waals surface area contributed by atoms with Crippen LogP contribution in [0, 0.1) is 0 Å². The van der Waals surface area contributed by atoms with Gasteiger partial charge in [0.1, 0.15) is 0 Å². The Morgan fingerprint density at radius 2 is 2.00 bits per heavy atom. The van der Waals surface area contributed by atoms with Crippen LogP contribution in [0.5, 0.6) is 0 Å². The molecule has 7 heteroatoms. The first-order valence-corrected chi connectivity index (χ1v) is 3.89. The molecular formula is C2H6ClO4PZn. The maximum atomic E-state index is 9.80. The number of hydrogen-bond acceptors (Lipinski definition) is 2. The quantitative estimate of drug-likeness (QED) is 0.413. The molecule has 0 aromatic rings. The summed E-state index contributed by atoms with van der Waals surface area (Å²) in [5.74, 6) is 0.0884. The fourth-order valence-corrected chi connectivity index (χ4v) is 0.667. The standard InChI is InChI=1S/C2H6ClO4P.Zn/c3-1-2-7-8(4,5)6;/h1-2H2,(H2,4,5,6);. The van der Waals surface area contributed by atoms with Gasteiger partial charge in [0.2, 0.25) is 0 Å². The largest absolute Gasteiger partial charge is 0.469 e. The van der Waals surface area contributed by atoms with E-state index in [4.69, 9.17) is 21.4 Å². The monoisotopic (exact) mass is 224 g/mol. The summed E-state index contributed by atoms with van der Waals surface area (Å²) in [5.41, 5.74) is 0. The maximum absolute atomic E-state index is 9.80. The zero-order valence-electron chi connectivity index (χ0n) is 4.66. The van der Waals surface area contributed by atoms with Gasteiger partial charge in [-0.05, 0) is 0 Å². The molecule has 0 spiro atoms. The minimum atomic E-state index is -4.27. The molecule has 0 amide bonds. The van der Waals surface area contributed by atoms with Gasteiger partial charge in [0, 0.05) is 25.4 Å². The van der Waals surface area contributed by atoms with Crippen LogP contribution in [0.1, 0.15) is 0 Å². The van der Waals surface area contributed by atoms with Gasteiger partial charge in [0.05, 0.1) is 6.61 Å². The average Bonchev–Trinajstić information content (AvgIpc) is 1.59. The number of hydrogen-bond donors (Lipinski definition) is 2. The number of phosphoric acid groups is 1. The molecule has 0 atom stereocenters. The Labute approximate surface area is 70.5 Å². The molecule has 0 rings (SSSR count). The molecule has 0 aliphatic rings. The third kappa shape index (κ3) is 12.3. The molecule has 0 aliphatic carbocycles. The second kappa shape index (κ2) is 5.78. The summed E-state index contributed by atoms with van der Waals surface area (Å²) in [4.78, 5) is 16.0. The van der Waals surface area contributed by atoms with Gasteiger partial charge in [-0.25, -0.2) is 4.57 Å². The summed E-state index contributed by atoms with van der Waals surface area (Å²) in [6, 6.07) is 0. The fraction of sp³-hybridized carbons (Fsp3) is 1.00. The van der Waals surface area contributed by atoms with Gasteiger partial charge in [-0.3, -0.25) is 4.52 Å². The second-order valence-electron chi connectivity index (χ2n) is 1.01. The minimum absolute atomic E-state index is 0. The molecule has 9 heavy (non-hydrogen) atoms. The van der Waals surface area contributed by atoms with Crippen LogP contribution >= 0.6 is 19.4 Å². The van der Waals surface area contributed by atoms with Crippen LogP contribution in [-0.2, 0) is 28.6 Å². The minimum Gasteiger partial charge on any atom is -0.303 e. The van der Waals surface area contributed by atoms with Crippen molar-refractivity contribution >= 4 is 19.4 Å². The van der Waals surface area contributed by atoms with Gasteiger partial charge in [0.25, 0.3) is 0 Å². The Hall–Kier alpha value is 1.02. The molecule has 0 aliphatic heterocycles. The summed E-state index contributed by atoms with van der Waals surface area (Å²) in [6.07, 6.45) is 0. The summed E-state index contributed by atoms with van der Waals surface area (Å²) in [6.45, 7) is -0.119. The predicted octanol–water partition coefficient (Wildman–Crippen LogP) is 0.332. The van der Waals surface area contributed by atoms with E-state index >= 15 is 0 Å². The van der Waals surface area contributed by atoms with E-state index in [-0.39, 0.29) is 32.0 Å². The van der Waals surface area contributed by atoms with E-state index in [0.29, 0.717) is 0 Å². The number of rotatable bonds is 3. The van der Waals surface area contributed by atoms with Crippen LogP contribution < -0.4 is 0 Å². The van der Waals surface area contributed by atoms with Gasteiger partial charge < -0.3 is 9.79 Å². The van der Waals surface area contributed by atoms with Crippen LogP contribution in [0.25, 0.3) is 0 Å². The zero-order valence-corrected chi connectivity index (χ0v) is 9.27. The first-order chi connectivity index (χ1) is 3.56. The van der Waals surface area contributed by atoms with E-state index in [0.717, 1.165) is 0 Å². The van der Waals surface area contributed by atoms with Gasteiger partial charge >= 0.3 is 7.82 Å². The molecule has 0 saturated carbocycles. The Kier molecular flexibility index (Phi) is 8.14. The third-order valence-electron chi connectivity index (χ3n) is 0.337. The normalized spacial score (nSPS) is 10.6. The van der Waals surface area contributed by atoms with E-state index in [1.54, 1.807) is 0 Å². The van der Waals surface area contributed by atoms with Crippen LogP contribution in [0.3, 0.4) is 0 Å². The predicted molar refractivity (Wildman–Crippen MR) is 28.7 cm³/mol. The van der Waals surface area contributed by atoms with Crippen LogP contribution in [0.2, 0.25) is 0 Å². The smallest absolute Gasteiger partial charge is 0.303 e. The van der Waals surface area contributed by atoms with Crippen LogP contribution in [0.15, 0.2) is 0 Å². The van der Waals surface area contributed by atoms with Crippen molar-refractivity contribution in [2.24, 2.45) is 0 Å². The van der Waals surface area contributed by atoms with Crippen molar-refractivity contribution < 1.29 is 38.4 Å². The number of halogens is 1. The Bertz CT molecular complexity index is 103. The summed E-state index contributed by atoms with van der Waals surface area (Å²) >= 11 is 5.04. The van der Waals surface area contributed by atoms with Crippen molar-refractivity contribution in [2.75, 3.05) is 12.5 Å². The molecule has 0 radical (unpaired) electrons. The molecule has 0 fully saturated rings. The van der Waals surface area contributed by atoms with E-state index in [9.17, 15) is 4.57 Å². The zero-order chi connectivity index (χ0) is 6.62. The van der Waals surface area contributed by atoms with E-state index in [1.165, 1.54) is 0 Å². The first kappa shape index (κ1) is 12.7. The SMILES string of the molecule is O=P(O)(O)OCCCl.[Zn].